The van der Waals surface area contributed by atoms with Crippen molar-refractivity contribution in [2.45, 2.75) is 32.6 Å². The normalized spacial score (nSPS) is 15.0. The molecule has 0 aliphatic heterocycles. The molecule has 0 radical (unpaired) electrons. The van der Waals surface area contributed by atoms with Crippen molar-refractivity contribution in [1.82, 2.24) is 19.4 Å². The molecule has 0 saturated carbocycles. The summed E-state index contributed by atoms with van der Waals surface area (Å²) in [5.74, 6) is 0.847. The first kappa shape index (κ1) is 11.4. The minimum absolute atomic E-state index is 0.417. The zero-order valence-electron chi connectivity index (χ0n) is 10.5. The van der Waals surface area contributed by atoms with Gasteiger partial charge >= 0.3 is 0 Å². The van der Waals surface area contributed by atoms with Crippen LogP contribution in [0.15, 0.2) is 6.33 Å². The summed E-state index contributed by atoms with van der Waals surface area (Å²) in [6, 6.07) is 0. The molecule has 4 rings (SSSR count). The molecule has 1 aliphatic carbocycles. The summed E-state index contributed by atoms with van der Waals surface area (Å²) in [5, 5.41) is 1.19. The van der Waals surface area contributed by atoms with Crippen LogP contribution in [-0.2, 0) is 12.8 Å². The van der Waals surface area contributed by atoms with E-state index < -0.39 is 0 Å². The number of rotatable bonds is 0. The van der Waals surface area contributed by atoms with Crippen LogP contribution in [0.5, 0.6) is 0 Å². The Morgan fingerprint density at radius 2 is 2.11 bits per heavy atom. The predicted octanol–water partition coefficient (Wildman–Crippen LogP) is 3.26. The molecule has 3 aromatic rings. The van der Waals surface area contributed by atoms with Crippen molar-refractivity contribution in [2.24, 2.45) is 0 Å². The van der Waals surface area contributed by atoms with E-state index in [9.17, 15) is 0 Å². The van der Waals surface area contributed by atoms with Crippen molar-refractivity contribution >= 4 is 39.4 Å². The topological polar surface area (TPSA) is 43.1 Å². The van der Waals surface area contributed by atoms with Crippen LogP contribution in [-0.4, -0.2) is 19.4 Å². The molecule has 0 N–H and O–H groups in total. The van der Waals surface area contributed by atoms with Crippen molar-refractivity contribution in [3.05, 3.63) is 27.4 Å². The smallest absolute Gasteiger partial charge is 0.222 e. The fraction of sp³-hybridized carbons (Fsp3) is 0.385. The molecule has 3 heterocycles. The Labute approximate surface area is 119 Å². The summed E-state index contributed by atoms with van der Waals surface area (Å²) >= 11 is 6.97. The van der Waals surface area contributed by atoms with E-state index in [0.717, 1.165) is 22.7 Å². The van der Waals surface area contributed by atoms with Gasteiger partial charge in [0.15, 0.2) is 5.65 Å². The third-order valence-corrected chi connectivity index (χ3v) is 5.08. The highest BCUT2D eigenvalue weighted by molar-refractivity contribution is 7.71. The van der Waals surface area contributed by atoms with Crippen molar-refractivity contribution in [2.75, 3.05) is 0 Å². The number of aryl methyl sites for hydroxylation is 3. The first-order chi connectivity index (χ1) is 9.24. The van der Waals surface area contributed by atoms with E-state index in [-0.39, 0.29) is 0 Å². The molecule has 0 atom stereocenters. The SMILES string of the molecule is Cc1nc(=S)nc2c3c4c(sc3ncn12)CCCC4. The summed E-state index contributed by atoms with van der Waals surface area (Å²) in [6.07, 6.45) is 6.65. The van der Waals surface area contributed by atoms with Crippen molar-refractivity contribution in [1.29, 1.82) is 0 Å². The summed E-state index contributed by atoms with van der Waals surface area (Å²) in [4.78, 5) is 15.8. The van der Waals surface area contributed by atoms with Gasteiger partial charge in [-0.25, -0.2) is 9.97 Å². The fourth-order valence-electron chi connectivity index (χ4n) is 2.81. The average Bonchev–Trinajstić information content (AvgIpc) is 2.77. The zero-order chi connectivity index (χ0) is 13.0. The van der Waals surface area contributed by atoms with Gasteiger partial charge in [-0.1, -0.05) is 0 Å². The van der Waals surface area contributed by atoms with Gasteiger partial charge in [-0.3, -0.25) is 4.40 Å². The molecule has 0 bridgehead atoms. The van der Waals surface area contributed by atoms with Gasteiger partial charge in [0.25, 0.3) is 0 Å². The highest BCUT2D eigenvalue weighted by Crippen LogP contribution is 2.36. The minimum Gasteiger partial charge on any atom is -0.272 e. The Bertz CT molecular complexity index is 862. The van der Waals surface area contributed by atoms with Crippen LogP contribution in [0.4, 0.5) is 0 Å². The average molecular weight is 288 g/mol. The van der Waals surface area contributed by atoms with Gasteiger partial charge in [0.2, 0.25) is 4.77 Å². The van der Waals surface area contributed by atoms with Gasteiger partial charge in [0.1, 0.15) is 17.0 Å². The Morgan fingerprint density at radius 1 is 1.26 bits per heavy atom. The second-order valence-electron chi connectivity index (χ2n) is 4.88. The molecular weight excluding hydrogens is 276 g/mol. The zero-order valence-corrected chi connectivity index (χ0v) is 12.1. The van der Waals surface area contributed by atoms with Crippen LogP contribution in [0.2, 0.25) is 0 Å². The number of hydrogen-bond acceptors (Lipinski definition) is 5. The Morgan fingerprint density at radius 3 is 3.00 bits per heavy atom. The molecule has 6 heteroatoms. The third kappa shape index (κ3) is 1.63. The first-order valence-corrected chi connectivity index (χ1v) is 7.63. The maximum Gasteiger partial charge on any atom is 0.222 e. The van der Waals surface area contributed by atoms with E-state index in [2.05, 4.69) is 15.0 Å². The molecule has 0 unspecified atom stereocenters. The Balaban J connectivity index is 2.24. The lowest BCUT2D eigenvalue weighted by Gasteiger charge is -2.11. The van der Waals surface area contributed by atoms with Crippen molar-refractivity contribution in [3.63, 3.8) is 0 Å². The van der Waals surface area contributed by atoms with E-state index in [1.54, 1.807) is 0 Å². The van der Waals surface area contributed by atoms with Gasteiger partial charge in [-0.05, 0) is 50.4 Å². The van der Waals surface area contributed by atoms with Crippen LogP contribution in [0.25, 0.3) is 15.9 Å². The Hall–Kier alpha value is -1.40. The number of thiophene rings is 1. The van der Waals surface area contributed by atoms with E-state index in [0.29, 0.717) is 4.77 Å². The van der Waals surface area contributed by atoms with Gasteiger partial charge < -0.3 is 0 Å². The molecule has 96 valence electrons. The molecular formula is C13H12N4S2. The second kappa shape index (κ2) is 4.05. The monoisotopic (exact) mass is 288 g/mol. The van der Waals surface area contributed by atoms with Gasteiger partial charge in [-0.15, -0.1) is 11.3 Å². The van der Waals surface area contributed by atoms with Gasteiger partial charge in [0.05, 0.1) is 5.39 Å². The number of hydrogen-bond donors (Lipinski definition) is 0. The van der Waals surface area contributed by atoms with Crippen LogP contribution in [0.1, 0.15) is 29.1 Å². The van der Waals surface area contributed by atoms with E-state index >= 15 is 0 Å². The molecule has 1 aliphatic rings. The molecule has 0 saturated heterocycles. The molecule has 0 aromatic carbocycles. The third-order valence-electron chi connectivity index (χ3n) is 3.70. The van der Waals surface area contributed by atoms with Crippen molar-refractivity contribution < 1.29 is 0 Å². The van der Waals surface area contributed by atoms with Crippen LogP contribution < -0.4 is 0 Å². The highest BCUT2D eigenvalue weighted by atomic mass is 32.1. The number of fused-ring (bicyclic) bond motifs is 5. The molecule has 4 nitrogen and oxygen atoms in total. The minimum atomic E-state index is 0.417. The number of nitrogens with zero attached hydrogens (tertiary/aromatic N) is 4. The molecule has 19 heavy (non-hydrogen) atoms. The van der Waals surface area contributed by atoms with Crippen LogP contribution in [0, 0.1) is 11.7 Å². The molecule has 0 spiro atoms. The second-order valence-corrected chi connectivity index (χ2v) is 6.33. The van der Waals surface area contributed by atoms with Gasteiger partial charge in [-0.2, -0.15) is 4.98 Å². The molecule has 0 amide bonds. The largest absolute Gasteiger partial charge is 0.272 e. The summed E-state index contributed by atoms with van der Waals surface area (Å²) < 4.78 is 2.36. The van der Waals surface area contributed by atoms with E-state index in [4.69, 9.17) is 12.2 Å². The standard InChI is InChI=1S/C13H12N4S2/c1-7-15-13(18)16-11-10-8-4-2-3-5-9(8)19-12(10)14-6-17(7)11/h6H,2-5H2,1H3. The lowest BCUT2D eigenvalue weighted by molar-refractivity contribution is 0.700. The maximum atomic E-state index is 5.17. The summed E-state index contributed by atoms with van der Waals surface area (Å²) in [7, 11) is 0. The lowest BCUT2D eigenvalue weighted by Crippen LogP contribution is -2.04. The van der Waals surface area contributed by atoms with Gasteiger partial charge in [0, 0.05) is 4.88 Å². The van der Waals surface area contributed by atoms with E-state index in [1.807, 2.05) is 29.0 Å². The van der Waals surface area contributed by atoms with Crippen molar-refractivity contribution in [3.8, 4) is 0 Å². The highest BCUT2D eigenvalue weighted by Gasteiger charge is 2.19. The van der Waals surface area contributed by atoms with E-state index in [1.165, 1.54) is 35.1 Å². The molecule has 3 aromatic heterocycles. The maximum absolute atomic E-state index is 5.17. The first-order valence-electron chi connectivity index (χ1n) is 6.40. The quantitative estimate of drug-likeness (QED) is 0.596. The van der Waals surface area contributed by atoms with Crippen LogP contribution >= 0.6 is 23.6 Å². The fourth-order valence-corrected chi connectivity index (χ4v) is 4.25. The summed E-state index contributed by atoms with van der Waals surface area (Å²) in [6.45, 7) is 1.94. The lowest BCUT2D eigenvalue weighted by atomic mass is 9.97. The summed E-state index contributed by atoms with van der Waals surface area (Å²) in [5.41, 5.74) is 2.35. The van der Waals surface area contributed by atoms with Crippen LogP contribution in [0.3, 0.4) is 0 Å². The predicted molar refractivity (Wildman–Crippen MR) is 78.4 cm³/mol. The Kier molecular flexibility index (Phi) is 2.43. The number of aromatic nitrogens is 4. The molecule has 0 fully saturated rings.